The van der Waals surface area contributed by atoms with Gasteiger partial charge >= 0.3 is 0 Å². The summed E-state index contributed by atoms with van der Waals surface area (Å²) in [5, 5.41) is 2.85. The first-order valence-electron chi connectivity index (χ1n) is 11.1. The van der Waals surface area contributed by atoms with Gasteiger partial charge in [-0.25, -0.2) is 8.42 Å². The van der Waals surface area contributed by atoms with Crippen molar-refractivity contribution in [3.63, 3.8) is 0 Å². The minimum Gasteiger partial charge on any atom is -0.372 e. The van der Waals surface area contributed by atoms with Gasteiger partial charge in [0.05, 0.1) is 10.6 Å². The molecule has 0 unspecified atom stereocenters. The number of nitrogens with zero attached hydrogens (tertiary/aromatic N) is 2. The highest BCUT2D eigenvalue weighted by molar-refractivity contribution is 7.92. The molecule has 0 spiro atoms. The molecule has 3 aromatic carbocycles. The minimum absolute atomic E-state index is 0.147. The predicted octanol–water partition coefficient (Wildman–Crippen LogP) is 4.74. The Hall–Kier alpha value is -3.32. The molecule has 33 heavy (non-hydrogen) atoms. The van der Waals surface area contributed by atoms with E-state index in [1.807, 2.05) is 44.2 Å². The maximum atomic E-state index is 13.5. The van der Waals surface area contributed by atoms with Crippen LogP contribution in [0, 0.1) is 13.8 Å². The number of hydrogen-bond donors (Lipinski definition) is 1. The summed E-state index contributed by atoms with van der Waals surface area (Å²) in [4.78, 5) is 15.5. The molecule has 1 aliphatic rings. The van der Waals surface area contributed by atoms with Crippen molar-refractivity contribution in [3.05, 3.63) is 83.9 Å². The van der Waals surface area contributed by atoms with Gasteiger partial charge in [0, 0.05) is 24.5 Å². The first-order valence-corrected chi connectivity index (χ1v) is 12.6. The summed E-state index contributed by atoms with van der Waals surface area (Å²) in [6.07, 6.45) is 2.39. The van der Waals surface area contributed by atoms with Crippen LogP contribution in [-0.4, -0.2) is 34.0 Å². The van der Waals surface area contributed by atoms with E-state index in [1.54, 1.807) is 42.5 Å². The third-order valence-electron chi connectivity index (χ3n) is 6.09. The Bertz CT molecular complexity index is 1220. The zero-order valence-corrected chi connectivity index (χ0v) is 19.8. The molecule has 0 aliphatic carbocycles. The molecular weight excluding hydrogens is 434 g/mol. The van der Waals surface area contributed by atoms with Gasteiger partial charge in [-0.3, -0.25) is 9.10 Å². The lowest BCUT2D eigenvalue weighted by Crippen LogP contribution is -2.38. The molecule has 1 fully saturated rings. The van der Waals surface area contributed by atoms with Crippen molar-refractivity contribution in [3.8, 4) is 0 Å². The van der Waals surface area contributed by atoms with Crippen molar-refractivity contribution in [2.75, 3.05) is 34.2 Å². The standard InChI is InChI=1S/C26H29N3O3S/c1-20-9-8-12-25(21(20)2)29(33(31,32)24-10-4-3-5-11-24)19-26(30)27-22-13-15-23(16-14-22)28-17-6-7-18-28/h3-5,8-16H,6-7,17-19H2,1-2H3,(H,27,30). The molecule has 4 rings (SSSR count). The third-order valence-corrected chi connectivity index (χ3v) is 7.86. The highest BCUT2D eigenvalue weighted by atomic mass is 32.2. The van der Waals surface area contributed by atoms with Crippen LogP contribution in [0.2, 0.25) is 0 Å². The Morgan fingerprint density at radius 1 is 0.909 bits per heavy atom. The maximum Gasteiger partial charge on any atom is 0.264 e. The molecule has 3 aromatic rings. The van der Waals surface area contributed by atoms with Crippen LogP contribution in [0.1, 0.15) is 24.0 Å². The quantitative estimate of drug-likeness (QED) is 0.550. The lowest BCUT2D eigenvalue weighted by Gasteiger charge is -2.26. The average Bonchev–Trinajstić information content (AvgIpc) is 3.36. The van der Waals surface area contributed by atoms with Crippen molar-refractivity contribution in [1.82, 2.24) is 0 Å². The van der Waals surface area contributed by atoms with Crippen LogP contribution in [-0.2, 0) is 14.8 Å². The largest absolute Gasteiger partial charge is 0.372 e. The fourth-order valence-corrected chi connectivity index (χ4v) is 5.59. The molecule has 7 heteroatoms. The van der Waals surface area contributed by atoms with Crippen LogP contribution in [0.5, 0.6) is 0 Å². The molecule has 1 heterocycles. The maximum absolute atomic E-state index is 13.5. The lowest BCUT2D eigenvalue weighted by atomic mass is 10.1. The normalized spacial score (nSPS) is 13.7. The fourth-order valence-electron chi connectivity index (χ4n) is 4.09. The first kappa shape index (κ1) is 22.9. The zero-order valence-electron chi connectivity index (χ0n) is 19.0. The summed E-state index contributed by atoms with van der Waals surface area (Å²) in [5.74, 6) is -0.399. The molecule has 1 saturated heterocycles. The number of amides is 1. The molecule has 0 atom stereocenters. The number of anilines is 3. The van der Waals surface area contributed by atoms with Gasteiger partial charge in [0.1, 0.15) is 6.54 Å². The van der Waals surface area contributed by atoms with Gasteiger partial charge in [0.25, 0.3) is 10.0 Å². The van der Waals surface area contributed by atoms with Gasteiger partial charge in [0.15, 0.2) is 0 Å². The summed E-state index contributed by atoms with van der Waals surface area (Å²) in [7, 11) is -3.93. The van der Waals surface area contributed by atoms with E-state index in [0.717, 1.165) is 29.9 Å². The number of rotatable bonds is 7. The Morgan fingerprint density at radius 3 is 2.24 bits per heavy atom. The lowest BCUT2D eigenvalue weighted by molar-refractivity contribution is -0.114. The number of aryl methyl sites for hydroxylation is 1. The van der Waals surface area contributed by atoms with E-state index in [-0.39, 0.29) is 11.4 Å². The van der Waals surface area contributed by atoms with E-state index in [0.29, 0.717) is 11.4 Å². The number of carbonyl (C=O) groups excluding carboxylic acids is 1. The van der Waals surface area contributed by atoms with E-state index in [2.05, 4.69) is 10.2 Å². The van der Waals surface area contributed by atoms with Crippen molar-refractivity contribution >= 4 is 33.0 Å². The molecule has 1 N–H and O–H groups in total. The van der Waals surface area contributed by atoms with Crippen LogP contribution in [0.25, 0.3) is 0 Å². The summed E-state index contributed by atoms with van der Waals surface area (Å²) in [6, 6.07) is 21.4. The van der Waals surface area contributed by atoms with Gasteiger partial charge in [0.2, 0.25) is 5.91 Å². The number of hydrogen-bond acceptors (Lipinski definition) is 4. The molecule has 0 aromatic heterocycles. The molecule has 0 saturated carbocycles. The minimum atomic E-state index is -3.93. The van der Waals surface area contributed by atoms with Crippen molar-refractivity contribution in [2.24, 2.45) is 0 Å². The summed E-state index contributed by atoms with van der Waals surface area (Å²) >= 11 is 0. The van der Waals surface area contributed by atoms with Gasteiger partial charge < -0.3 is 10.2 Å². The summed E-state index contributed by atoms with van der Waals surface area (Å²) in [5.41, 5.74) is 4.05. The van der Waals surface area contributed by atoms with Crippen LogP contribution in [0.4, 0.5) is 17.1 Å². The number of sulfonamides is 1. The number of nitrogens with one attached hydrogen (secondary N) is 1. The second-order valence-corrected chi connectivity index (χ2v) is 10.2. The Balaban J connectivity index is 1.58. The van der Waals surface area contributed by atoms with Crippen molar-refractivity contribution in [1.29, 1.82) is 0 Å². The van der Waals surface area contributed by atoms with E-state index < -0.39 is 15.9 Å². The predicted molar refractivity (Wildman–Crippen MR) is 133 cm³/mol. The first-order chi connectivity index (χ1) is 15.9. The molecule has 0 radical (unpaired) electrons. The van der Waals surface area contributed by atoms with Crippen LogP contribution in [0.3, 0.4) is 0 Å². The van der Waals surface area contributed by atoms with Crippen molar-refractivity contribution in [2.45, 2.75) is 31.6 Å². The van der Waals surface area contributed by atoms with E-state index in [4.69, 9.17) is 0 Å². The molecule has 1 aliphatic heterocycles. The molecule has 0 bridgehead atoms. The summed E-state index contributed by atoms with van der Waals surface area (Å²) < 4.78 is 28.2. The monoisotopic (exact) mass is 463 g/mol. The van der Waals surface area contributed by atoms with Crippen molar-refractivity contribution < 1.29 is 13.2 Å². The Labute approximate surface area is 195 Å². The van der Waals surface area contributed by atoms with Crippen LogP contribution < -0.4 is 14.5 Å². The highest BCUT2D eigenvalue weighted by Gasteiger charge is 2.28. The highest BCUT2D eigenvalue weighted by Crippen LogP contribution is 2.29. The fraction of sp³-hybridized carbons (Fsp3) is 0.269. The topological polar surface area (TPSA) is 69.7 Å². The summed E-state index contributed by atoms with van der Waals surface area (Å²) in [6.45, 7) is 5.57. The SMILES string of the molecule is Cc1cccc(N(CC(=O)Nc2ccc(N3CCCC3)cc2)S(=O)(=O)c2ccccc2)c1C. The van der Waals surface area contributed by atoms with Gasteiger partial charge in [-0.1, -0.05) is 30.3 Å². The van der Waals surface area contributed by atoms with Gasteiger partial charge in [-0.05, 0) is 80.3 Å². The molecular formula is C26H29N3O3S. The Morgan fingerprint density at radius 2 is 1.58 bits per heavy atom. The average molecular weight is 464 g/mol. The zero-order chi connectivity index (χ0) is 23.4. The Kier molecular flexibility index (Phi) is 6.70. The van der Waals surface area contributed by atoms with Crippen LogP contribution in [0.15, 0.2) is 77.7 Å². The molecule has 1 amide bonds. The third kappa shape index (κ3) is 5.03. The number of benzene rings is 3. The van der Waals surface area contributed by atoms with Crippen LogP contribution >= 0.6 is 0 Å². The molecule has 6 nitrogen and oxygen atoms in total. The van der Waals surface area contributed by atoms with E-state index in [9.17, 15) is 13.2 Å². The second kappa shape index (κ2) is 9.67. The van der Waals surface area contributed by atoms with E-state index in [1.165, 1.54) is 17.1 Å². The molecule has 172 valence electrons. The second-order valence-electron chi connectivity index (χ2n) is 8.33. The number of carbonyl (C=O) groups is 1. The van der Waals surface area contributed by atoms with Gasteiger partial charge in [-0.15, -0.1) is 0 Å². The van der Waals surface area contributed by atoms with Gasteiger partial charge in [-0.2, -0.15) is 0 Å². The smallest absolute Gasteiger partial charge is 0.264 e. The van der Waals surface area contributed by atoms with E-state index >= 15 is 0 Å².